The quantitative estimate of drug-likeness (QED) is 0.545. The summed E-state index contributed by atoms with van der Waals surface area (Å²) in [5.74, 6) is 5.85. The van der Waals surface area contributed by atoms with E-state index in [1.807, 2.05) is 53.4 Å². The number of carbonyl (C=O) groups is 1. The van der Waals surface area contributed by atoms with Gasteiger partial charge in [0.05, 0.1) is 30.2 Å². The molecule has 1 aromatic carbocycles. The van der Waals surface area contributed by atoms with Gasteiger partial charge in [0.1, 0.15) is 0 Å². The second-order valence-electron chi connectivity index (χ2n) is 6.28. The minimum absolute atomic E-state index is 0.173. The average molecular weight is 386 g/mol. The molecule has 3 heterocycles. The molecule has 0 saturated heterocycles. The Kier molecular flexibility index (Phi) is 5.18. The van der Waals surface area contributed by atoms with Crippen molar-refractivity contribution in [2.45, 2.75) is 13.5 Å². The Morgan fingerprint density at radius 2 is 2.07 bits per heavy atom. The van der Waals surface area contributed by atoms with Gasteiger partial charge in [-0.3, -0.25) is 4.79 Å². The number of carbonyl (C=O) groups excluding carboxylic acids is 1. The van der Waals surface area contributed by atoms with Crippen LogP contribution in [-0.2, 0) is 6.54 Å². The number of nitrogens with zero attached hydrogens (tertiary/aromatic N) is 3. The van der Waals surface area contributed by atoms with Gasteiger partial charge in [-0.25, -0.2) is 9.67 Å². The van der Waals surface area contributed by atoms with E-state index in [1.165, 1.54) is 4.88 Å². The van der Waals surface area contributed by atoms with Crippen LogP contribution in [0.4, 0.5) is 0 Å². The van der Waals surface area contributed by atoms with Crippen LogP contribution in [0, 0.1) is 18.8 Å². The summed E-state index contributed by atoms with van der Waals surface area (Å²) in [6.07, 6.45) is 1.71. The molecule has 28 heavy (non-hydrogen) atoms. The molecule has 0 spiro atoms. The highest BCUT2D eigenvalue weighted by molar-refractivity contribution is 7.09. The molecule has 4 rings (SSSR count). The third-order valence-electron chi connectivity index (χ3n) is 4.21. The molecule has 0 saturated carbocycles. The van der Waals surface area contributed by atoms with E-state index in [-0.39, 0.29) is 12.5 Å². The summed E-state index contributed by atoms with van der Waals surface area (Å²) in [7, 11) is 0. The van der Waals surface area contributed by atoms with Gasteiger partial charge < -0.3 is 5.32 Å². The number of rotatable bonds is 4. The van der Waals surface area contributed by atoms with Gasteiger partial charge in [-0.2, -0.15) is 5.10 Å². The normalized spacial score (nSPS) is 10.5. The van der Waals surface area contributed by atoms with Crippen LogP contribution in [0.25, 0.3) is 11.0 Å². The molecule has 3 aromatic heterocycles. The van der Waals surface area contributed by atoms with Crippen molar-refractivity contribution < 1.29 is 4.79 Å². The Balaban J connectivity index is 1.54. The number of hydrogen-bond acceptors (Lipinski definition) is 4. The van der Waals surface area contributed by atoms with Crippen molar-refractivity contribution in [1.82, 2.24) is 20.1 Å². The van der Waals surface area contributed by atoms with Gasteiger partial charge in [-0.05, 0) is 36.6 Å². The van der Waals surface area contributed by atoms with Crippen molar-refractivity contribution in [1.29, 1.82) is 0 Å². The first-order valence-corrected chi connectivity index (χ1v) is 9.76. The van der Waals surface area contributed by atoms with Crippen LogP contribution in [0.15, 0.2) is 60.1 Å². The lowest BCUT2D eigenvalue weighted by molar-refractivity contribution is 0.0960. The van der Waals surface area contributed by atoms with Gasteiger partial charge in [-0.15, -0.1) is 11.3 Å². The Labute approximate surface area is 167 Å². The van der Waals surface area contributed by atoms with E-state index >= 15 is 0 Å². The number of hydrogen-bond donors (Lipinski definition) is 1. The summed E-state index contributed by atoms with van der Waals surface area (Å²) in [6.45, 7) is 2.80. The fourth-order valence-corrected chi connectivity index (χ4v) is 3.60. The number of amides is 1. The predicted molar refractivity (Wildman–Crippen MR) is 111 cm³/mol. The highest BCUT2D eigenvalue weighted by Gasteiger charge is 2.15. The van der Waals surface area contributed by atoms with Crippen molar-refractivity contribution in [3.05, 3.63) is 81.8 Å². The van der Waals surface area contributed by atoms with E-state index in [0.29, 0.717) is 17.8 Å². The van der Waals surface area contributed by atoms with Crippen molar-refractivity contribution >= 4 is 28.3 Å². The maximum absolute atomic E-state index is 12.7. The molecule has 0 fully saturated rings. The molecule has 0 atom stereocenters. The summed E-state index contributed by atoms with van der Waals surface area (Å²) < 4.78 is 1.83. The number of aromatic nitrogens is 3. The van der Waals surface area contributed by atoms with Crippen LogP contribution in [0.3, 0.4) is 0 Å². The van der Waals surface area contributed by atoms with Crippen molar-refractivity contribution in [3.63, 3.8) is 0 Å². The second kappa shape index (κ2) is 8.07. The third kappa shape index (κ3) is 3.95. The summed E-state index contributed by atoms with van der Waals surface area (Å²) in [5, 5.41) is 10.1. The van der Waals surface area contributed by atoms with Gasteiger partial charge in [0.2, 0.25) is 0 Å². The Hall–Kier alpha value is -3.43. The van der Waals surface area contributed by atoms with Gasteiger partial charge >= 0.3 is 0 Å². The smallest absolute Gasteiger partial charge is 0.252 e. The lowest BCUT2D eigenvalue weighted by Crippen LogP contribution is -2.24. The number of benzene rings is 1. The Bertz CT molecular complexity index is 1170. The second-order valence-corrected chi connectivity index (χ2v) is 7.31. The molecule has 0 aliphatic heterocycles. The van der Waals surface area contributed by atoms with Crippen molar-refractivity contribution in [2.75, 3.05) is 6.54 Å². The number of pyridine rings is 1. The summed E-state index contributed by atoms with van der Waals surface area (Å²) in [6, 6.07) is 15.6. The summed E-state index contributed by atoms with van der Waals surface area (Å²) >= 11 is 1.67. The zero-order valence-corrected chi connectivity index (χ0v) is 16.2. The molecule has 0 radical (unpaired) electrons. The standard InChI is InChI=1S/C22H18N4OS/c1-16-13-19(22(27)23-11-5-9-17-7-3-2-4-8-17)20-14-24-26(21(20)25-16)15-18-10-6-12-28-18/h2-4,6-8,10,12-14H,11,15H2,1H3,(H,23,27). The molecule has 0 bridgehead atoms. The molecular weight excluding hydrogens is 368 g/mol. The molecule has 5 nitrogen and oxygen atoms in total. The van der Waals surface area contributed by atoms with Crippen molar-refractivity contribution in [2.24, 2.45) is 0 Å². The van der Waals surface area contributed by atoms with Crippen molar-refractivity contribution in [3.8, 4) is 11.8 Å². The van der Waals surface area contributed by atoms with Crippen LogP contribution in [0.2, 0.25) is 0 Å². The Morgan fingerprint density at radius 3 is 2.86 bits per heavy atom. The van der Waals surface area contributed by atoms with E-state index < -0.39 is 0 Å². The average Bonchev–Trinajstić information content (AvgIpc) is 3.36. The maximum Gasteiger partial charge on any atom is 0.252 e. The Morgan fingerprint density at radius 1 is 1.21 bits per heavy atom. The minimum Gasteiger partial charge on any atom is -0.341 e. The zero-order valence-electron chi connectivity index (χ0n) is 15.3. The van der Waals surface area contributed by atoms with Gasteiger partial charge in [0.15, 0.2) is 5.65 Å². The van der Waals surface area contributed by atoms with Crippen LogP contribution in [-0.4, -0.2) is 27.2 Å². The number of thiophene rings is 1. The molecule has 138 valence electrons. The first-order valence-electron chi connectivity index (χ1n) is 8.88. The fourth-order valence-electron chi connectivity index (χ4n) is 2.91. The molecule has 6 heteroatoms. The first-order chi connectivity index (χ1) is 13.7. The topological polar surface area (TPSA) is 59.8 Å². The number of aryl methyl sites for hydroxylation is 1. The predicted octanol–water partition coefficient (Wildman–Crippen LogP) is 3.63. The third-order valence-corrected chi connectivity index (χ3v) is 5.07. The van der Waals surface area contributed by atoms with Crippen LogP contribution >= 0.6 is 11.3 Å². The molecule has 1 amide bonds. The van der Waals surface area contributed by atoms with Gasteiger partial charge in [0.25, 0.3) is 5.91 Å². The lowest BCUT2D eigenvalue weighted by atomic mass is 10.1. The molecule has 0 unspecified atom stereocenters. The highest BCUT2D eigenvalue weighted by atomic mass is 32.1. The molecular formula is C22H18N4OS. The van der Waals surface area contributed by atoms with E-state index in [0.717, 1.165) is 16.6 Å². The lowest BCUT2D eigenvalue weighted by Gasteiger charge is -2.06. The SMILES string of the molecule is Cc1cc(C(=O)NCC#Cc2ccccc2)c2cnn(Cc3cccs3)c2n1. The van der Waals surface area contributed by atoms with E-state index in [9.17, 15) is 4.79 Å². The van der Waals surface area contributed by atoms with Crippen LogP contribution in [0.1, 0.15) is 26.5 Å². The molecule has 0 aliphatic rings. The molecule has 1 N–H and O–H groups in total. The fraction of sp³-hybridized carbons (Fsp3) is 0.136. The highest BCUT2D eigenvalue weighted by Crippen LogP contribution is 2.20. The molecule has 4 aromatic rings. The van der Waals surface area contributed by atoms with E-state index in [1.54, 1.807) is 23.6 Å². The van der Waals surface area contributed by atoms with Gasteiger partial charge in [0, 0.05) is 16.1 Å². The summed E-state index contributed by atoms with van der Waals surface area (Å²) in [5.41, 5.74) is 2.99. The largest absolute Gasteiger partial charge is 0.341 e. The van der Waals surface area contributed by atoms with Crippen LogP contribution in [0.5, 0.6) is 0 Å². The zero-order chi connectivity index (χ0) is 19.3. The van der Waals surface area contributed by atoms with E-state index in [2.05, 4.69) is 33.3 Å². The van der Waals surface area contributed by atoms with E-state index in [4.69, 9.17) is 0 Å². The van der Waals surface area contributed by atoms with Gasteiger partial charge in [-0.1, -0.05) is 36.1 Å². The van der Waals surface area contributed by atoms with Crippen LogP contribution < -0.4 is 5.32 Å². The monoisotopic (exact) mass is 386 g/mol. The minimum atomic E-state index is -0.173. The maximum atomic E-state index is 12.7. The first kappa shape index (κ1) is 18.0. The molecule has 0 aliphatic carbocycles. The summed E-state index contributed by atoms with van der Waals surface area (Å²) in [4.78, 5) is 18.5. The number of fused-ring (bicyclic) bond motifs is 1. The number of nitrogens with one attached hydrogen (secondary N) is 1.